The van der Waals surface area contributed by atoms with Crippen molar-refractivity contribution in [3.05, 3.63) is 29.8 Å². The number of methoxy groups -OCH3 is 1. The van der Waals surface area contributed by atoms with Crippen LogP contribution in [-0.4, -0.2) is 38.7 Å². The molecule has 0 spiro atoms. The summed E-state index contributed by atoms with van der Waals surface area (Å²) in [6.07, 6.45) is 0. The van der Waals surface area contributed by atoms with Crippen LogP contribution in [0, 0.1) is 5.92 Å². The van der Waals surface area contributed by atoms with Gasteiger partial charge in [-0.05, 0) is 24.6 Å². The average Bonchev–Trinajstić information content (AvgIpc) is 2.54. The van der Waals surface area contributed by atoms with E-state index in [1.807, 2.05) is 45.0 Å². The molecule has 0 aliphatic heterocycles. The van der Waals surface area contributed by atoms with Gasteiger partial charge in [0.05, 0.1) is 13.2 Å². The number of amides is 1. The fourth-order valence-corrected chi connectivity index (χ4v) is 1.76. The first-order valence-electron chi connectivity index (χ1n) is 7.97. The predicted molar refractivity (Wildman–Crippen MR) is 94.6 cm³/mol. The summed E-state index contributed by atoms with van der Waals surface area (Å²) in [6.45, 7) is 8.49. The Labute approximate surface area is 138 Å². The lowest BCUT2D eigenvalue weighted by Gasteiger charge is -2.11. The first-order chi connectivity index (χ1) is 11.1. The Morgan fingerprint density at radius 3 is 2.48 bits per heavy atom. The zero-order valence-corrected chi connectivity index (χ0v) is 14.5. The molecule has 0 unspecified atom stereocenters. The molecule has 0 aromatic heterocycles. The Kier molecular flexibility index (Phi) is 8.75. The van der Waals surface area contributed by atoms with Crippen molar-refractivity contribution in [1.29, 1.82) is 0 Å². The van der Waals surface area contributed by atoms with Gasteiger partial charge in [0, 0.05) is 31.8 Å². The van der Waals surface area contributed by atoms with Crippen molar-refractivity contribution < 1.29 is 9.53 Å². The number of nitrogens with zero attached hydrogens (tertiary/aromatic N) is 1. The van der Waals surface area contributed by atoms with Crippen LogP contribution >= 0.6 is 0 Å². The largest absolute Gasteiger partial charge is 0.383 e. The van der Waals surface area contributed by atoms with Gasteiger partial charge in [-0.1, -0.05) is 26.0 Å². The van der Waals surface area contributed by atoms with Crippen molar-refractivity contribution in [2.45, 2.75) is 27.3 Å². The number of rotatable bonds is 8. The number of hydrogen-bond donors (Lipinski definition) is 3. The summed E-state index contributed by atoms with van der Waals surface area (Å²) in [5.74, 6) is 0.759. The van der Waals surface area contributed by atoms with Gasteiger partial charge < -0.3 is 20.7 Å². The Hall–Kier alpha value is -2.08. The maximum Gasteiger partial charge on any atom is 0.226 e. The van der Waals surface area contributed by atoms with Crippen LogP contribution in [0.4, 0.5) is 5.69 Å². The van der Waals surface area contributed by atoms with Crippen LogP contribution in [0.15, 0.2) is 29.3 Å². The average molecular weight is 320 g/mol. The zero-order valence-electron chi connectivity index (χ0n) is 14.5. The second-order valence-electron chi connectivity index (χ2n) is 5.46. The maximum absolute atomic E-state index is 11.6. The Morgan fingerprint density at radius 1 is 1.22 bits per heavy atom. The van der Waals surface area contributed by atoms with Crippen molar-refractivity contribution in [1.82, 2.24) is 10.6 Å². The highest BCUT2D eigenvalue weighted by atomic mass is 16.5. The van der Waals surface area contributed by atoms with Gasteiger partial charge in [0.1, 0.15) is 0 Å². The summed E-state index contributed by atoms with van der Waals surface area (Å²) in [4.78, 5) is 16.2. The van der Waals surface area contributed by atoms with E-state index in [1.54, 1.807) is 7.11 Å². The molecular formula is C17H28N4O2. The quantitative estimate of drug-likeness (QED) is 0.389. The third kappa shape index (κ3) is 7.65. The normalized spacial score (nSPS) is 11.4. The van der Waals surface area contributed by atoms with Crippen LogP contribution < -0.4 is 16.0 Å². The van der Waals surface area contributed by atoms with Crippen LogP contribution in [0.5, 0.6) is 0 Å². The highest BCUT2D eigenvalue weighted by Crippen LogP contribution is 2.11. The second kappa shape index (κ2) is 10.6. The summed E-state index contributed by atoms with van der Waals surface area (Å²) in [6, 6.07) is 7.74. The summed E-state index contributed by atoms with van der Waals surface area (Å²) < 4.78 is 5.01. The van der Waals surface area contributed by atoms with Crippen LogP contribution in [0.3, 0.4) is 0 Å². The van der Waals surface area contributed by atoms with E-state index in [1.165, 1.54) is 0 Å². The van der Waals surface area contributed by atoms with Gasteiger partial charge >= 0.3 is 0 Å². The number of guanidine groups is 1. The summed E-state index contributed by atoms with van der Waals surface area (Å²) in [7, 11) is 1.67. The first-order valence-corrected chi connectivity index (χ1v) is 7.97. The van der Waals surface area contributed by atoms with Crippen molar-refractivity contribution >= 4 is 17.6 Å². The van der Waals surface area contributed by atoms with Crippen LogP contribution in [0.25, 0.3) is 0 Å². The molecule has 0 saturated heterocycles. The number of carbonyl (C=O) groups excluding carboxylic acids is 1. The molecule has 0 bridgehead atoms. The molecule has 0 heterocycles. The zero-order chi connectivity index (χ0) is 17.1. The minimum Gasteiger partial charge on any atom is -0.383 e. The molecule has 0 aliphatic rings. The van der Waals surface area contributed by atoms with Crippen LogP contribution in [0.2, 0.25) is 0 Å². The van der Waals surface area contributed by atoms with E-state index in [2.05, 4.69) is 20.9 Å². The smallest absolute Gasteiger partial charge is 0.226 e. The van der Waals surface area contributed by atoms with Gasteiger partial charge in [0.2, 0.25) is 5.91 Å². The van der Waals surface area contributed by atoms with E-state index in [-0.39, 0.29) is 11.8 Å². The van der Waals surface area contributed by atoms with E-state index in [0.29, 0.717) is 19.7 Å². The monoisotopic (exact) mass is 320 g/mol. The lowest BCUT2D eigenvalue weighted by atomic mass is 10.2. The molecule has 6 nitrogen and oxygen atoms in total. The third-order valence-corrected chi connectivity index (χ3v) is 3.11. The predicted octanol–water partition coefficient (Wildman–Crippen LogP) is 1.98. The first kappa shape index (κ1) is 19.0. The number of hydrogen-bond acceptors (Lipinski definition) is 3. The van der Waals surface area contributed by atoms with E-state index < -0.39 is 0 Å². The highest BCUT2D eigenvalue weighted by molar-refractivity contribution is 5.92. The third-order valence-electron chi connectivity index (χ3n) is 3.11. The molecule has 1 aromatic carbocycles. The van der Waals surface area contributed by atoms with Gasteiger partial charge in [-0.15, -0.1) is 0 Å². The van der Waals surface area contributed by atoms with Crippen molar-refractivity contribution in [3.8, 4) is 0 Å². The SMILES string of the molecule is CCNC(=NCc1ccc(NC(=O)C(C)C)cc1)NCCOC. The molecule has 128 valence electrons. The fraction of sp³-hybridized carbons (Fsp3) is 0.529. The minimum absolute atomic E-state index is 0.0209. The van der Waals surface area contributed by atoms with Crippen LogP contribution in [-0.2, 0) is 16.1 Å². The lowest BCUT2D eigenvalue weighted by Crippen LogP contribution is -2.38. The van der Waals surface area contributed by atoms with Crippen molar-refractivity contribution in [2.24, 2.45) is 10.9 Å². The molecule has 0 aliphatic carbocycles. The Bertz CT molecular complexity index is 498. The second-order valence-corrected chi connectivity index (χ2v) is 5.46. The number of nitrogens with one attached hydrogen (secondary N) is 3. The standard InChI is InChI=1S/C17H28N4O2/c1-5-18-17(19-10-11-23-4)20-12-14-6-8-15(9-7-14)21-16(22)13(2)3/h6-9,13H,5,10-12H2,1-4H3,(H,21,22)(H2,18,19,20). The molecule has 1 amide bonds. The Morgan fingerprint density at radius 2 is 1.91 bits per heavy atom. The van der Waals surface area contributed by atoms with Gasteiger partial charge in [-0.3, -0.25) is 4.79 Å². The molecule has 0 radical (unpaired) electrons. The van der Waals surface area contributed by atoms with Crippen molar-refractivity contribution in [3.63, 3.8) is 0 Å². The van der Waals surface area contributed by atoms with E-state index in [9.17, 15) is 4.79 Å². The number of carbonyl (C=O) groups is 1. The van der Waals surface area contributed by atoms with Crippen LogP contribution in [0.1, 0.15) is 26.3 Å². The molecule has 1 aromatic rings. The lowest BCUT2D eigenvalue weighted by molar-refractivity contribution is -0.118. The van der Waals surface area contributed by atoms with Gasteiger partial charge in [-0.25, -0.2) is 4.99 Å². The van der Waals surface area contributed by atoms with Gasteiger partial charge in [0.25, 0.3) is 0 Å². The highest BCUT2D eigenvalue weighted by Gasteiger charge is 2.06. The molecule has 0 atom stereocenters. The maximum atomic E-state index is 11.6. The summed E-state index contributed by atoms with van der Waals surface area (Å²) in [5.41, 5.74) is 1.89. The topological polar surface area (TPSA) is 74.8 Å². The molecule has 0 saturated carbocycles. The van der Waals surface area contributed by atoms with E-state index in [0.717, 1.165) is 23.8 Å². The summed E-state index contributed by atoms with van der Waals surface area (Å²) >= 11 is 0. The minimum atomic E-state index is -0.0277. The molecule has 23 heavy (non-hydrogen) atoms. The summed E-state index contributed by atoms with van der Waals surface area (Å²) in [5, 5.41) is 9.26. The van der Waals surface area contributed by atoms with Crippen molar-refractivity contribution in [2.75, 3.05) is 32.1 Å². The van der Waals surface area contributed by atoms with E-state index >= 15 is 0 Å². The van der Waals surface area contributed by atoms with E-state index in [4.69, 9.17) is 4.74 Å². The molecule has 1 rings (SSSR count). The Balaban J connectivity index is 2.57. The molecular weight excluding hydrogens is 292 g/mol. The molecule has 3 N–H and O–H groups in total. The number of anilines is 1. The van der Waals surface area contributed by atoms with Gasteiger partial charge in [-0.2, -0.15) is 0 Å². The molecule has 6 heteroatoms. The molecule has 0 fully saturated rings. The number of aliphatic imine (C=N–C) groups is 1. The number of benzene rings is 1. The fourth-order valence-electron chi connectivity index (χ4n) is 1.76. The van der Waals surface area contributed by atoms with Gasteiger partial charge in [0.15, 0.2) is 5.96 Å². The number of ether oxygens (including phenoxy) is 1.